The molecule has 14 heavy (non-hydrogen) atoms. The van der Waals surface area contributed by atoms with Crippen LogP contribution < -0.4 is 5.32 Å². The van der Waals surface area contributed by atoms with Crippen molar-refractivity contribution in [2.24, 2.45) is 0 Å². The third-order valence-electron chi connectivity index (χ3n) is 2.64. The van der Waals surface area contributed by atoms with Crippen LogP contribution in [0.2, 0.25) is 0 Å². The number of hydrogen-bond acceptors (Lipinski definition) is 2. The summed E-state index contributed by atoms with van der Waals surface area (Å²) in [5.74, 6) is 0. The molecule has 2 nitrogen and oxygen atoms in total. The highest BCUT2D eigenvalue weighted by molar-refractivity contribution is 4.55. The quantitative estimate of drug-likeness (QED) is 0.545. The third kappa shape index (κ3) is 8.52. The first kappa shape index (κ1) is 13.9. The molecule has 0 fully saturated rings. The van der Waals surface area contributed by atoms with Gasteiger partial charge in [0.25, 0.3) is 0 Å². The van der Waals surface area contributed by atoms with Crippen LogP contribution in [0.4, 0.5) is 0 Å². The van der Waals surface area contributed by atoms with E-state index in [9.17, 15) is 0 Å². The van der Waals surface area contributed by atoms with Crippen LogP contribution >= 0.6 is 0 Å². The predicted octanol–water partition coefficient (Wildman–Crippen LogP) is 2.50. The van der Waals surface area contributed by atoms with Gasteiger partial charge in [0, 0.05) is 0 Å². The van der Waals surface area contributed by atoms with E-state index in [1.807, 2.05) is 7.05 Å². The summed E-state index contributed by atoms with van der Waals surface area (Å²) in [6.45, 7) is 9.47. The number of nitrogens with one attached hydrogen (secondary N) is 1. The molecule has 86 valence electrons. The second kappa shape index (κ2) is 11.0. The number of hydrogen-bond donors (Lipinski definition) is 1. The molecule has 0 saturated heterocycles. The lowest BCUT2D eigenvalue weighted by molar-refractivity contribution is 0.281. The van der Waals surface area contributed by atoms with Crippen LogP contribution in [0.25, 0.3) is 0 Å². The van der Waals surface area contributed by atoms with Gasteiger partial charge in [0.15, 0.2) is 0 Å². The van der Waals surface area contributed by atoms with Crippen molar-refractivity contribution in [3.05, 3.63) is 0 Å². The first-order chi connectivity index (χ1) is 6.85. The van der Waals surface area contributed by atoms with Crippen LogP contribution in [0.5, 0.6) is 0 Å². The van der Waals surface area contributed by atoms with Crippen molar-refractivity contribution in [2.75, 3.05) is 33.2 Å². The maximum Gasteiger partial charge on any atom is -0.00189 e. The molecule has 2 heteroatoms. The van der Waals surface area contributed by atoms with Crippen molar-refractivity contribution >= 4 is 0 Å². The molecule has 0 unspecified atom stereocenters. The van der Waals surface area contributed by atoms with Crippen molar-refractivity contribution in [1.82, 2.24) is 10.2 Å². The highest BCUT2D eigenvalue weighted by Gasteiger charge is 1.99. The van der Waals surface area contributed by atoms with Gasteiger partial charge in [0.05, 0.1) is 0 Å². The normalized spacial score (nSPS) is 11.1. The first-order valence-corrected chi connectivity index (χ1v) is 6.22. The van der Waals surface area contributed by atoms with E-state index in [1.54, 1.807) is 0 Å². The second-order valence-corrected chi connectivity index (χ2v) is 3.95. The Bertz CT molecular complexity index is 104. The molecule has 0 aliphatic rings. The van der Waals surface area contributed by atoms with Gasteiger partial charge in [-0.2, -0.15) is 0 Å². The van der Waals surface area contributed by atoms with Crippen molar-refractivity contribution in [3.63, 3.8) is 0 Å². The van der Waals surface area contributed by atoms with Crippen molar-refractivity contribution in [1.29, 1.82) is 0 Å². The molecule has 0 heterocycles. The lowest BCUT2D eigenvalue weighted by atomic mass is 10.2. The molecule has 1 N–H and O–H groups in total. The smallest absolute Gasteiger partial charge is 0.00189 e. The highest BCUT2D eigenvalue weighted by Crippen LogP contribution is 2.01. The summed E-state index contributed by atoms with van der Waals surface area (Å²) in [7, 11) is 2.03. The first-order valence-electron chi connectivity index (χ1n) is 6.22. The second-order valence-electron chi connectivity index (χ2n) is 3.95. The van der Waals surface area contributed by atoms with Gasteiger partial charge in [-0.25, -0.2) is 0 Å². The van der Waals surface area contributed by atoms with E-state index in [1.165, 1.54) is 58.3 Å². The maximum atomic E-state index is 3.19. The van der Waals surface area contributed by atoms with E-state index in [4.69, 9.17) is 0 Å². The minimum absolute atomic E-state index is 1.17. The van der Waals surface area contributed by atoms with Crippen LogP contribution in [-0.2, 0) is 0 Å². The molecule has 0 rings (SSSR count). The standard InChI is InChI=1S/C12H28N2/c1-4-11-14(5-2)12-9-7-6-8-10-13-3/h13H,4-12H2,1-3H3. The van der Waals surface area contributed by atoms with E-state index in [0.29, 0.717) is 0 Å². The Hall–Kier alpha value is -0.0800. The van der Waals surface area contributed by atoms with Gasteiger partial charge >= 0.3 is 0 Å². The average molecular weight is 200 g/mol. The van der Waals surface area contributed by atoms with E-state index in [-0.39, 0.29) is 0 Å². The van der Waals surface area contributed by atoms with Crippen molar-refractivity contribution < 1.29 is 0 Å². The summed E-state index contributed by atoms with van der Waals surface area (Å²) in [6, 6.07) is 0. The molecule has 0 aromatic rings. The average Bonchev–Trinajstić information content (AvgIpc) is 2.21. The number of unbranched alkanes of at least 4 members (excludes halogenated alkanes) is 3. The molecule has 0 bridgehead atoms. The fourth-order valence-corrected chi connectivity index (χ4v) is 1.73. The molecule has 0 atom stereocenters. The molecule has 0 aromatic carbocycles. The number of nitrogens with zero attached hydrogens (tertiary/aromatic N) is 1. The van der Waals surface area contributed by atoms with Crippen LogP contribution in [0.1, 0.15) is 46.0 Å². The Kier molecular flexibility index (Phi) is 10.9. The fourth-order valence-electron chi connectivity index (χ4n) is 1.73. The molecule has 0 amide bonds. The van der Waals surface area contributed by atoms with Gasteiger partial charge in [-0.1, -0.05) is 26.7 Å². The van der Waals surface area contributed by atoms with Gasteiger partial charge < -0.3 is 10.2 Å². The largest absolute Gasteiger partial charge is 0.320 e. The molecule has 0 saturated carbocycles. The maximum absolute atomic E-state index is 3.19. The number of rotatable bonds is 10. The summed E-state index contributed by atoms with van der Waals surface area (Å²) in [5.41, 5.74) is 0. The Balaban J connectivity index is 3.15. The topological polar surface area (TPSA) is 15.3 Å². The van der Waals surface area contributed by atoms with Crippen LogP contribution in [-0.4, -0.2) is 38.1 Å². The van der Waals surface area contributed by atoms with Crippen molar-refractivity contribution in [3.8, 4) is 0 Å². The lowest BCUT2D eigenvalue weighted by Crippen LogP contribution is -2.25. The van der Waals surface area contributed by atoms with Crippen molar-refractivity contribution in [2.45, 2.75) is 46.0 Å². The molecule has 0 radical (unpaired) electrons. The summed E-state index contributed by atoms with van der Waals surface area (Å²) in [4.78, 5) is 2.55. The zero-order valence-electron chi connectivity index (χ0n) is 10.3. The van der Waals surface area contributed by atoms with Gasteiger partial charge in [-0.15, -0.1) is 0 Å². The van der Waals surface area contributed by atoms with Crippen LogP contribution in [0.15, 0.2) is 0 Å². The highest BCUT2D eigenvalue weighted by atomic mass is 15.1. The Morgan fingerprint density at radius 2 is 1.64 bits per heavy atom. The molecule has 0 spiro atoms. The minimum atomic E-state index is 1.17. The molecular formula is C12H28N2. The van der Waals surface area contributed by atoms with E-state index in [2.05, 4.69) is 24.1 Å². The van der Waals surface area contributed by atoms with E-state index in [0.717, 1.165) is 0 Å². The van der Waals surface area contributed by atoms with Crippen LogP contribution in [0.3, 0.4) is 0 Å². The monoisotopic (exact) mass is 200 g/mol. The van der Waals surface area contributed by atoms with E-state index >= 15 is 0 Å². The van der Waals surface area contributed by atoms with Gasteiger partial charge in [0.1, 0.15) is 0 Å². The summed E-state index contributed by atoms with van der Waals surface area (Å²) in [6.07, 6.45) is 6.76. The predicted molar refractivity (Wildman–Crippen MR) is 64.8 cm³/mol. The molecule has 0 aromatic heterocycles. The van der Waals surface area contributed by atoms with Gasteiger partial charge in [-0.3, -0.25) is 0 Å². The molecular weight excluding hydrogens is 172 g/mol. The summed E-state index contributed by atoms with van der Waals surface area (Å²) >= 11 is 0. The molecule has 0 aliphatic heterocycles. The lowest BCUT2D eigenvalue weighted by Gasteiger charge is -2.19. The zero-order chi connectivity index (χ0) is 10.6. The Morgan fingerprint density at radius 1 is 0.929 bits per heavy atom. The van der Waals surface area contributed by atoms with Gasteiger partial charge in [0.2, 0.25) is 0 Å². The fraction of sp³-hybridized carbons (Fsp3) is 1.00. The summed E-state index contributed by atoms with van der Waals surface area (Å²) in [5, 5.41) is 3.19. The van der Waals surface area contributed by atoms with E-state index < -0.39 is 0 Å². The minimum Gasteiger partial charge on any atom is -0.320 e. The van der Waals surface area contributed by atoms with Crippen LogP contribution in [0, 0.1) is 0 Å². The zero-order valence-corrected chi connectivity index (χ0v) is 10.3. The van der Waals surface area contributed by atoms with Gasteiger partial charge in [-0.05, 0) is 52.5 Å². The SMILES string of the molecule is CCCN(CC)CCCCCCNC. The Morgan fingerprint density at radius 3 is 2.21 bits per heavy atom. The summed E-state index contributed by atoms with van der Waals surface area (Å²) < 4.78 is 0. The Labute approximate surface area is 90.1 Å². The molecule has 0 aliphatic carbocycles. The third-order valence-corrected chi connectivity index (χ3v) is 2.64.